The van der Waals surface area contributed by atoms with Crippen molar-refractivity contribution in [3.8, 4) is 0 Å². The van der Waals surface area contributed by atoms with Crippen molar-refractivity contribution in [1.82, 2.24) is 0 Å². The Balaban J connectivity index is 2.13. The van der Waals surface area contributed by atoms with Gasteiger partial charge in [-0.2, -0.15) is 0 Å². The molecule has 0 unspecified atom stereocenters. The minimum atomic E-state index is 0.238. The van der Waals surface area contributed by atoms with Crippen molar-refractivity contribution in [1.29, 1.82) is 0 Å². The third-order valence-electron chi connectivity index (χ3n) is 2.40. The zero-order chi connectivity index (χ0) is 9.10. The zero-order valence-electron chi connectivity index (χ0n) is 7.70. The molecule has 0 radical (unpaired) electrons. The van der Waals surface area contributed by atoms with E-state index >= 15 is 0 Å². The number of allylic oxidation sites excluding steroid dienone is 1. The number of hydrogen-bond donors (Lipinski definition) is 0. The van der Waals surface area contributed by atoms with Crippen molar-refractivity contribution in [3.63, 3.8) is 0 Å². The first-order valence-electron chi connectivity index (χ1n) is 4.75. The summed E-state index contributed by atoms with van der Waals surface area (Å²) in [6.45, 7) is 3.87. The fraction of sp³-hybridized carbons (Fsp3) is 0.333. The topological polar surface area (TPSA) is 9.23 Å². The molecule has 0 aromatic heterocycles. The smallest absolute Gasteiger partial charge is 0.123 e. The Morgan fingerprint density at radius 3 is 2.69 bits per heavy atom. The molecular weight excluding hydrogens is 160 g/mol. The van der Waals surface area contributed by atoms with E-state index in [4.69, 9.17) is 4.74 Å². The van der Waals surface area contributed by atoms with Gasteiger partial charge in [0.2, 0.25) is 0 Å². The van der Waals surface area contributed by atoms with Crippen molar-refractivity contribution in [2.45, 2.75) is 25.4 Å². The first-order valence-corrected chi connectivity index (χ1v) is 4.75. The van der Waals surface area contributed by atoms with E-state index in [-0.39, 0.29) is 6.10 Å². The van der Waals surface area contributed by atoms with Crippen LogP contribution in [0, 0.1) is 0 Å². The number of rotatable bonds is 1. The molecule has 2 rings (SSSR count). The average molecular weight is 174 g/mol. The molecule has 0 bridgehead atoms. The van der Waals surface area contributed by atoms with Gasteiger partial charge < -0.3 is 4.74 Å². The van der Waals surface area contributed by atoms with Crippen LogP contribution in [0.3, 0.4) is 0 Å². The van der Waals surface area contributed by atoms with Crippen molar-refractivity contribution < 1.29 is 4.74 Å². The van der Waals surface area contributed by atoms with E-state index in [1.807, 2.05) is 6.07 Å². The molecule has 1 aliphatic heterocycles. The largest absolute Gasteiger partial charge is 0.491 e. The van der Waals surface area contributed by atoms with Crippen LogP contribution in [-0.2, 0) is 4.74 Å². The van der Waals surface area contributed by atoms with Gasteiger partial charge in [-0.25, -0.2) is 0 Å². The molecule has 0 spiro atoms. The lowest BCUT2D eigenvalue weighted by molar-refractivity contribution is 0.0744. The van der Waals surface area contributed by atoms with E-state index in [2.05, 4.69) is 30.8 Å². The van der Waals surface area contributed by atoms with E-state index in [9.17, 15) is 0 Å². The molecule has 0 amide bonds. The third kappa shape index (κ3) is 1.92. The van der Waals surface area contributed by atoms with E-state index in [1.165, 1.54) is 12.0 Å². The Morgan fingerprint density at radius 1 is 1.23 bits per heavy atom. The van der Waals surface area contributed by atoms with Gasteiger partial charge in [-0.1, -0.05) is 36.9 Å². The number of ether oxygens (including phenoxy) is 1. The molecule has 1 atom stereocenters. The normalized spacial score (nSPS) is 22.5. The van der Waals surface area contributed by atoms with Crippen molar-refractivity contribution in [3.05, 3.63) is 48.2 Å². The lowest BCUT2D eigenvalue weighted by Crippen LogP contribution is -2.09. The molecule has 1 nitrogen and oxygen atoms in total. The third-order valence-corrected chi connectivity index (χ3v) is 2.40. The molecule has 1 aromatic rings. The summed E-state index contributed by atoms with van der Waals surface area (Å²) < 4.78 is 5.68. The molecule has 1 aliphatic rings. The summed E-state index contributed by atoms with van der Waals surface area (Å²) in [5.74, 6) is 0.931. The van der Waals surface area contributed by atoms with E-state index in [1.54, 1.807) is 0 Å². The van der Waals surface area contributed by atoms with Gasteiger partial charge >= 0.3 is 0 Å². The van der Waals surface area contributed by atoms with Gasteiger partial charge in [-0.15, -0.1) is 0 Å². The Kier molecular flexibility index (Phi) is 2.35. The molecule has 0 aliphatic carbocycles. The van der Waals surface area contributed by atoms with Gasteiger partial charge in [0.25, 0.3) is 0 Å². The Labute approximate surface area is 79.0 Å². The highest BCUT2D eigenvalue weighted by atomic mass is 16.5. The second kappa shape index (κ2) is 3.65. The summed E-state index contributed by atoms with van der Waals surface area (Å²) in [5.41, 5.74) is 1.27. The molecule has 68 valence electrons. The summed E-state index contributed by atoms with van der Waals surface area (Å²) in [7, 11) is 0. The molecule has 1 saturated heterocycles. The molecule has 1 aromatic carbocycles. The molecule has 1 heterocycles. The summed E-state index contributed by atoms with van der Waals surface area (Å²) in [5, 5.41) is 0. The van der Waals surface area contributed by atoms with Crippen molar-refractivity contribution in [2.75, 3.05) is 0 Å². The highest BCUT2D eigenvalue weighted by Crippen LogP contribution is 2.31. The predicted octanol–water partition coefficient (Wildman–Crippen LogP) is 3.44. The maximum Gasteiger partial charge on any atom is 0.123 e. The summed E-state index contributed by atoms with van der Waals surface area (Å²) >= 11 is 0. The fourth-order valence-corrected chi connectivity index (χ4v) is 1.71. The molecule has 1 heteroatoms. The van der Waals surface area contributed by atoms with Gasteiger partial charge in [0.15, 0.2) is 0 Å². The van der Waals surface area contributed by atoms with Crippen LogP contribution in [0.4, 0.5) is 0 Å². The van der Waals surface area contributed by atoms with Crippen LogP contribution in [0.25, 0.3) is 0 Å². The second-order valence-corrected chi connectivity index (χ2v) is 3.45. The second-order valence-electron chi connectivity index (χ2n) is 3.45. The number of hydrogen-bond acceptors (Lipinski definition) is 1. The van der Waals surface area contributed by atoms with Gasteiger partial charge in [0.05, 0.1) is 5.76 Å². The minimum absolute atomic E-state index is 0.238. The van der Waals surface area contributed by atoms with Crippen molar-refractivity contribution in [2.24, 2.45) is 0 Å². The minimum Gasteiger partial charge on any atom is -0.491 e. The molecule has 0 N–H and O–H groups in total. The first-order chi connectivity index (χ1) is 6.36. The molecule has 0 saturated carbocycles. The summed E-state index contributed by atoms with van der Waals surface area (Å²) in [6, 6.07) is 10.4. The summed E-state index contributed by atoms with van der Waals surface area (Å²) in [6.07, 6.45) is 3.56. The maximum absolute atomic E-state index is 5.68. The van der Waals surface area contributed by atoms with E-state index in [0.717, 1.165) is 18.6 Å². The number of benzene rings is 1. The lowest BCUT2D eigenvalue weighted by atomic mass is 10.0. The SMILES string of the molecule is C=C1CCC[C@@H](c2ccccc2)O1. The lowest BCUT2D eigenvalue weighted by Gasteiger charge is -2.25. The summed E-state index contributed by atoms with van der Waals surface area (Å²) in [4.78, 5) is 0. The molecule has 1 fully saturated rings. The van der Waals surface area contributed by atoms with Crippen LogP contribution >= 0.6 is 0 Å². The van der Waals surface area contributed by atoms with Gasteiger partial charge in [0, 0.05) is 6.42 Å². The molecular formula is C12H14O. The van der Waals surface area contributed by atoms with Gasteiger partial charge in [-0.3, -0.25) is 0 Å². The van der Waals surface area contributed by atoms with Gasteiger partial charge in [0.1, 0.15) is 6.10 Å². The van der Waals surface area contributed by atoms with Crippen LogP contribution in [-0.4, -0.2) is 0 Å². The van der Waals surface area contributed by atoms with Gasteiger partial charge in [-0.05, 0) is 18.4 Å². The Bertz CT molecular complexity index is 289. The monoisotopic (exact) mass is 174 g/mol. The standard InChI is InChI=1S/C12H14O/c1-10-6-5-9-12(13-10)11-7-3-2-4-8-11/h2-4,7-8,12H,1,5-6,9H2/t12-/m0/s1. The quantitative estimate of drug-likeness (QED) is 0.633. The molecule has 13 heavy (non-hydrogen) atoms. The van der Waals surface area contributed by atoms with Crippen LogP contribution in [0.2, 0.25) is 0 Å². The first kappa shape index (κ1) is 8.36. The maximum atomic E-state index is 5.68. The Morgan fingerprint density at radius 2 is 2.00 bits per heavy atom. The van der Waals surface area contributed by atoms with Crippen LogP contribution < -0.4 is 0 Å². The fourth-order valence-electron chi connectivity index (χ4n) is 1.71. The van der Waals surface area contributed by atoms with E-state index < -0.39 is 0 Å². The highest BCUT2D eigenvalue weighted by molar-refractivity contribution is 5.18. The average Bonchev–Trinajstić information content (AvgIpc) is 2.19. The zero-order valence-corrected chi connectivity index (χ0v) is 7.70. The van der Waals surface area contributed by atoms with Crippen LogP contribution in [0.1, 0.15) is 30.9 Å². The van der Waals surface area contributed by atoms with Crippen LogP contribution in [0.15, 0.2) is 42.7 Å². The Hall–Kier alpha value is -1.24. The predicted molar refractivity (Wildman–Crippen MR) is 53.3 cm³/mol. The van der Waals surface area contributed by atoms with Crippen molar-refractivity contribution >= 4 is 0 Å². The van der Waals surface area contributed by atoms with E-state index in [0.29, 0.717) is 0 Å². The highest BCUT2D eigenvalue weighted by Gasteiger charge is 2.17. The van der Waals surface area contributed by atoms with Crippen LogP contribution in [0.5, 0.6) is 0 Å².